The summed E-state index contributed by atoms with van der Waals surface area (Å²) < 4.78 is 40.4. The number of alkyl halides is 3. The van der Waals surface area contributed by atoms with Gasteiger partial charge in [-0.1, -0.05) is 18.2 Å². The quantitative estimate of drug-likeness (QED) is 0.806. The second-order valence-electron chi connectivity index (χ2n) is 4.35. The van der Waals surface area contributed by atoms with Crippen molar-refractivity contribution in [2.45, 2.75) is 12.7 Å². The van der Waals surface area contributed by atoms with Gasteiger partial charge in [0.25, 0.3) is 0 Å². The van der Waals surface area contributed by atoms with Crippen molar-refractivity contribution in [1.29, 1.82) is 0 Å². The number of halogens is 3. The summed E-state index contributed by atoms with van der Waals surface area (Å²) in [6.45, 7) is -0.00475. The van der Waals surface area contributed by atoms with E-state index < -0.39 is 11.7 Å². The largest absolute Gasteiger partial charge is 0.416 e. The number of aromatic nitrogens is 4. The van der Waals surface area contributed by atoms with E-state index >= 15 is 0 Å². The van der Waals surface area contributed by atoms with Crippen LogP contribution in [-0.2, 0) is 12.7 Å². The molecule has 5 nitrogen and oxygen atoms in total. The zero-order chi connectivity index (χ0) is 14.9. The minimum Gasteiger partial charge on any atom is -0.363 e. The molecule has 0 aliphatic carbocycles. The zero-order valence-electron chi connectivity index (χ0n) is 10.7. The summed E-state index contributed by atoms with van der Waals surface area (Å²) in [5.74, 6) is 0.381. The van der Waals surface area contributed by atoms with E-state index in [9.17, 15) is 13.2 Å². The third-order valence-corrected chi connectivity index (χ3v) is 2.98. The Labute approximate surface area is 117 Å². The van der Waals surface area contributed by atoms with Crippen molar-refractivity contribution in [2.75, 3.05) is 5.32 Å². The van der Waals surface area contributed by atoms with Crippen LogP contribution >= 0.6 is 0 Å². The molecule has 0 bridgehead atoms. The molecule has 0 unspecified atom stereocenters. The number of rotatable bonds is 3. The molecular weight excluding hydrogens is 283 g/mol. The lowest BCUT2D eigenvalue weighted by Gasteiger charge is -2.13. The van der Waals surface area contributed by atoms with Gasteiger partial charge in [0.2, 0.25) is 5.65 Å². The van der Waals surface area contributed by atoms with Gasteiger partial charge in [-0.05, 0) is 11.6 Å². The highest BCUT2D eigenvalue weighted by Gasteiger charge is 2.32. The molecule has 0 fully saturated rings. The lowest BCUT2D eigenvalue weighted by Crippen LogP contribution is -2.12. The SMILES string of the molecule is FC(F)(F)c1ccccc1CNc1nccn2cnnc12. The topological polar surface area (TPSA) is 55.1 Å². The Morgan fingerprint density at radius 2 is 2.00 bits per heavy atom. The summed E-state index contributed by atoms with van der Waals surface area (Å²) in [4.78, 5) is 4.07. The van der Waals surface area contributed by atoms with E-state index in [0.717, 1.165) is 6.07 Å². The van der Waals surface area contributed by atoms with Gasteiger partial charge in [-0.15, -0.1) is 10.2 Å². The Hall–Kier alpha value is -2.64. The molecule has 2 heterocycles. The van der Waals surface area contributed by atoms with Crippen LogP contribution in [0.15, 0.2) is 43.0 Å². The molecule has 0 aliphatic rings. The maximum Gasteiger partial charge on any atom is 0.416 e. The van der Waals surface area contributed by atoms with Crippen molar-refractivity contribution in [3.63, 3.8) is 0 Å². The fourth-order valence-corrected chi connectivity index (χ4v) is 2.01. The Morgan fingerprint density at radius 1 is 1.19 bits per heavy atom. The van der Waals surface area contributed by atoms with E-state index in [1.165, 1.54) is 24.7 Å². The number of benzene rings is 1. The Balaban J connectivity index is 1.87. The number of hydrogen-bond donors (Lipinski definition) is 1. The van der Waals surface area contributed by atoms with Crippen molar-refractivity contribution in [3.05, 3.63) is 54.1 Å². The number of hydrogen-bond acceptors (Lipinski definition) is 4. The van der Waals surface area contributed by atoms with E-state index in [1.54, 1.807) is 16.7 Å². The highest BCUT2D eigenvalue weighted by atomic mass is 19.4. The maximum absolute atomic E-state index is 12.9. The maximum atomic E-state index is 12.9. The Morgan fingerprint density at radius 3 is 2.81 bits per heavy atom. The third-order valence-electron chi connectivity index (χ3n) is 2.98. The lowest BCUT2D eigenvalue weighted by molar-refractivity contribution is -0.138. The first-order valence-corrected chi connectivity index (χ1v) is 6.09. The van der Waals surface area contributed by atoms with Crippen LogP contribution in [0.2, 0.25) is 0 Å². The Bertz CT molecular complexity index is 766. The Kier molecular flexibility index (Phi) is 3.20. The number of nitrogens with zero attached hydrogens (tertiary/aromatic N) is 4. The fraction of sp³-hybridized carbons (Fsp3) is 0.154. The standard InChI is InChI=1S/C13H10F3N5/c14-13(15,16)10-4-2-1-3-9(10)7-18-11-12-20-19-8-21(12)6-5-17-11/h1-6,8H,7H2,(H,17,18). The van der Waals surface area contributed by atoms with Gasteiger partial charge in [-0.2, -0.15) is 13.2 Å². The summed E-state index contributed by atoms with van der Waals surface area (Å²) in [5, 5.41) is 10.5. The molecule has 108 valence electrons. The summed E-state index contributed by atoms with van der Waals surface area (Å²) in [6.07, 6.45) is 0.289. The normalized spacial score (nSPS) is 11.8. The molecule has 21 heavy (non-hydrogen) atoms. The summed E-state index contributed by atoms with van der Waals surface area (Å²) in [6, 6.07) is 5.42. The molecule has 8 heteroatoms. The predicted molar refractivity (Wildman–Crippen MR) is 69.6 cm³/mol. The third kappa shape index (κ3) is 2.64. The van der Waals surface area contributed by atoms with E-state index in [1.807, 2.05) is 0 Å². The number of fused-ring (bicyclic) bond motifs is 1. The molecule has 0 saturated heterocycles. The predicted octanol–water partition coefficient (Wildman–Crippen LogP) is 2.76. The van der Waals surface area contributed by atoms with Crippen LogP contribution in [0.3, 0.4) is 0 Å². The van der Waals surface area contributed by atoms with Crippen molar-refractivity contribution >= 4 is 11.5 Å². The molecule has 1 N–H and O–H groups in total. The first-order valence-electron chi connectivity index (χ1n) is 6.09. The van der Waals surface area contributed by atoms with Crippen LogP contribution in [0, 0.1) is 0 Å². The summed E-state index contributed by atoms with van der Waals surface area (Å²) >= 11 is 0. The monoisotopic (exact) mass is 293 g/mol. The van der Waals surface area contributed by atoms with Gasteiger partial charge in [0, 0.05) is 18.9 Å². The molecular formula is C13H10F3N5. The second-order valence-corrected chi connectivity index (χ2v) is 4.35. The molecule has 0 atom stereocenters. The molecule has 1 aromatic carbocycles. The molecule has 0 aliphatic heterocycles. The molecule has 3 rings (SSSR count). The van der Waals surface area contributed by atoms with Crippen LogP contribution in [0.5, 0.6) is 0 Å². The second kappa shape index (κ2) is 5.04. The van der Waals surface area contributed by atoms with Crippen molar-refractivity contribution in [3.8, 4) is 0 Å². The molecule has 0 radical (unpaired) electrons. The van der Waals surface area contributed by atoms with Crippen LogP contribution in [0.1, 0.15) is 11.1 Å². The zero-order valence-corrected chi connectivity index (χ0v) is 10.7. The van der Waals surface area contributed by atoms with Crippen LogP contribution in [0.4, 0.5) is 19.0 Å². The average Bonchev–Trinajstić information content (AvgIpc) is 2.93. The molecule has 0 saturated carbocycles. The van der Waals surface area contributed by atoms with Gasteiger partial charge in [0.15, 0.2) is 5.82 Å². The van der Waals surface area contributed by atoms with Crippen LogP contribution in [-0.4, -0.2) is 19.6 Å². The van der Waals surface area contributed by atoms with Gasteiger partial charge in [-0.25, -0.2) is 4.98 Å². The highest BCUT2D eigenvalue weighted by Crippen LogP contribution is 2.32. The molecule has 0 spiro atoms. The van der Waals surface area contributed by atoms with E-state index in [4.69, 9.17) is 0 Å². The average molecular weight is 293 g/mol. The molecule has 0 amide bonds. The highest BCUT2D eigenvalue weighted by molar-refractivity contribution is 5.61. The molecule has 2 aromatic heterocycles. The van der Waals surface area contributed by atoms with Gasteiger partial charge in [0.05, 0.1) is 5.56 Å². The lowest BCUT2D eigenvalue weighted by atomic mass is 10.1. The van der Waals surface area contributed by atoms with Crippen LogP contribution < -0.4 is 5.32 Å². The van der Waals surface area contributed by atoms with Gasteiger partial charge >= 0.3 is 6.18 Å². The minimum absolute atomic E-state index is 0.00475. The minimum atomic E-state index is -4.38. The van der Waals surface area contributed by atoms with E-state index in [-0.39, 0.29) is 12.1 Å². The van der Waals surface area contributed by atoms with Crippen LogP contribution in [0.25, 0.3) is 5.65 Å². The van der Waals surface area contributed by atoms with Gasteiger partial charge in [0.1, 0.15) is 6.33 Å². The van der Waals surface area contributed by atoms with Crippen molar-refractivity contribution in [2.24, 2.45) is 0 Å². The first-order chi connectivity index (χ1) is 10.1. The van der Waals surface area contributed by atoms with Crippen molar-refractivity contribution < 1.29 is 13.2 Å². The fourth-order valence-electron chi connectivity index (χ4n) is 2.01. The number of nitrogens with one attached hydrogen (secondary N) is 1. The van der Waals surface area contributed by atoms with Gasteiger partial charge < -0.3 is 5.32 Å². The van der Waals surface area contributed by atoms with Crippen molar-refractivity contribution in [1.82, 2.24) is 19.6 Å². The smallest absolute Gasteiger partial charge is 0.363 e. The molecule has 3 aromatic rings. The summed E-state index contributed by atoms with van der Waals surface area (Å²) in [5.41, 5.74) is -0.0544. The summed E-state index contributed by atoms with van der Waals surface area (Å²) in [7, 11) is 0. The number of anilines is 1. The first kappa shape index (κ1) is 13.3. The van der Waals surface area contributed by atoms with E-state index in [0.29, 0.717) is 11.5 Å². The van der Waals surface area contributed by atoms with Gasteiger partial charge in [-0.3, -0.25) is 4.40 Å². The van der Waals surface area contributed by atoms with E-state index in [2.05, 4.69) is 20.5 Å².